The van der Waals surface area contributed by atoms with Crippen molar-refractivity contribution >= 4 is 17.5 Å². The zero-order valence-corrected chi connectivity index (χ0v) is 14.5. The van der Waals surface area contributed by atoms with E-state index < -0.39 is 5.91 Å². The second kappa shape index (κ2) is 8.01. The molecule has 26 heavy (non-hydrogen) atoms. The number of benzene rings is 2. The molecule has 0 heterocycles. The molecule has 3 rings (SSSR count). The van der Waals surface area contributed by atoms with Crippen LogP contribution >= 0.6 is 0 Å². The number of carbonyl (C=O) groups excluding carboxylic acids is 2. The van der Waals surface area contributed by atoms with Crippen molar-refractivity contribution in [1.82, 2.24) is 0 Å². The van der Waals surface area contributed by atoms with Crippen LogP contribution in [0.5, 0.6) is 11.5 Å². The third kappa shape index (κ3) is 4.61. The van der Waals surface area contributed by atoms with Gasteiger partial charge in [0.2, 0.25) is 11.8 Å². The smallest absolute Gasteiger partial charge is 0.248 e. The van der Waals surface area contributed by atoms with Crippen LogP contribution in [-0.2, 0) is 4.79 Å². The topological polar surface area (TPSA) is 107 Å². The van der Waals surface area contributed by atoms with Crippen LogP contribution in [0.2, 0.25) is 0 Å². The second-order valence-corrected chi connectivity index (χ2v) is 6.63. The Hall–Kier alpha value is -2.86. The minimum absolute atomic E-state index is 0.0184. The standard InChI is InChI=1S/C20H23N3O3/c21-18-6-2-3-13(18)12-19(24)23-15-7-9-16(10-8-15)26-17-5-1-4-14(11-17)20(22)25/h1,4-5,7-11,13,18H,2-3,6,12,21H2,(H2,22,25)(H,23,24)/t13-,18+/m0/s1. The van der Waals surface area contributed by atoms with Gasteiger partial charge in [-0.15, -0.1) is 0 Å². The number of primary amides is 1. The third-order valence-corrected chi connectivity index (χ3v) is 4.66. The Morgan fingerprint density at radius 2 is 1.85 bits per heavy atom. The summed E-state index contributed by atoms with van der Waals surface area (Å²) >= 11 is 0. The summed E-state index contributed by atoms with van der Waals surface area (Å²) in [5, 5.41) is 2.89. The molecule has 1 saturated carbocycles. The summed E-state index contributed by atoms with van der Waals surface area (Å²) in [5.74, 6) is 0.872. The minimum atomic E-state index is -0.504. The van der Waals surface area contributed by atoms with Crippen LogP contribution in [0.1, 0.15) is 36.0 Å². The average Bonchev–Trinajstić information content (AvgIpc) is 3.01. The monoisotopic (exact) mass is 353 g/mol. The minimum Gasteiger partial charge on any atom is -0.457 e. The summed E-state index contributed by atoms with van der Waals surface area (Å²) in [7, 11) is 0. The highest BCUT2D eigenvalue weighted by atomic mass is 16.5. The fraction of sp³-hybridized carbons (Fsp3) is 0.300. The van der Waals surface area contributed by atoms with E-state index in [-0.39, 0.29) is 17.9 Å². The Kier molecular flexibility index (Phi) is 5.53. The van der Waals surface area contributed by atoms with Crippen LogP contribution in [0.25, 0.3) is 0 Å². The first-order valence-electron chi connectivity index (χ1n) is 8.74. The zero-order chi connectivity index (χ0) is 18.5. The van der Waals surface area contributed by atoms with Crippen LogP contribution in [0.4, 0.5) is 5.69 Å². The van der Waals surface area contributed by atoms with Gasteiger partial charge in [-0.25, -0.2) is 0 Å². The molecule has 0 radical (unpaired) electrons. The van der Waals surface area contributed by atoms with Gasteiger partial charge >= 0.3 is 0 Å². The average molecular weight is 353 g/mol. The summed E-state index contributed by atoms with van der Waals surface area (Å²) in [6, 6.07) is 13.9. The van der Waals surface area contributed by atoms with Crippen molar-refractivity contribution < 1.29 is 14.3 Å². The lowest BCUT2D eigenvalue weighted by Crippen LogP contribution is -2.28. The number of nitrogens with two attached hydrogens (primary N) is 2. The fourth-order valence-electron chi connectivity index (χ4n) is 3.22. The SMILES string of the molecule is NC(=O)c1cccc(Oc2ccc(NC(=O)C[C@@H]3CCC[C@H]3N)cc2)c1. The van der Waals surface area contributed by atoms with Crippen LogP contribution < -0.4 is 21.5 Å². The molecule has 2 aromatic rings. The first kappa shape index (κ1) is 17.9. The van der Waals surface area contributed by atoms with Crippen LogP contribution in [0.15, 0.2) is 48.5 Å². The number of rotatable bonds is 6. The molecule has 0 spiro atoms. The van der Waals surface area contributed by atoms with Gasteiger partial charge < -0.3 is 21.5 Å². The Labute approximate surface area is 152 Å². The number of ether oxygens (including phenoxy) is 1. The number of amides is 2. The highest BCUT2D eigenvalue weighted by Crippen LogP contribution is 2.28. The molecule has 0 bridgehead atoms. The predicted octanol–water partition coefficient (Wildman–Crippen LogP) is 3.03. The Morgan fingerprint density at radius 3 is 2.50 bits per heavy atom. The van der Waals surface area contributed by atoms with E-state index in [2.05, 4.69) is 5.32 Å². The molecule has 1 aliphatic carbocycles. The van der Waals surface area contributed by atoms with Gasteiger partial charge in [-0.1, -0.05) is 12.5 Å². The van der Waals surface area contributed by atoms with Crippen molar-refractivity contribution in [3.63, 3.8) is 0 Å². The maximum Gasteiger partial charge on any atom is 0.248 e. The molecule has 6 heteroatoms. The Bertz CT molecular complexity index is 789. The van der Waals surface area contributed by atoms with Gasteiger partial charge in [-0.3, -0.25) is 9.59 Å². The van der Waals surface area contributed by atoms with Gasteiger partial charge in [0.15, 0.2) is 0 Å². The molecule has 0 aliphatic heterocycles. The first-order valence-corrected chi connectivity index (χ1v) is 8.74. The van der Waals surface area contributed by atoms with Gasteiger partial charge in [0, 0.05) is 23.7 Å². The van der Waals surface area contributed by atoms with E-state index in [4.69, 9.17) is 16.2 Å². The summed E-state index contributed by atoms with van der Waals surface area (Å²) < 4.78 is 5.71. The predicted molar refractivity (Wildman–Crippen MR) is 100 cm³/mol. The van der Waals surface area contributed by atoms with E-state index in [9.17, 15) is 9.59 Å². The molecule has 2 amide bonds. The summed E-state index contributed by atoms with van der Waals surface area (Å²) in [5.41, 5.74) is 12.4. The molecule has 6 nitrogen and oxygen atoms in total. The maximum absolute atomic E-state index is 12.1. The largest absolute Gasteiger partial charge is 0.457 e. The van der Waals surface area contributed by atoms with Crippen LogP contribution in [-0.4, -0.2) is 17.9 Å². The molecular formula is C20H23N3O3. The lowest BCUT2D eigenvalue weighted by molar-refractivity contribution is -0.117. The summed E-state index contributed by atoms with van der Waals surface area (Å²) in [6.07, 6.45) is 3.58. The van der Waals surface area contributed by atoms with Crippen molar-refractivity contribution in [3.05, 3.63) is 54.1 Å². The molecule has 0 aromatic heterocycles. The number of hydrogen-bond donors (Lipinski definition) is 3. The maximum atomic E-state index is 12.1. The van der Waals surface area contributed by atoms with Crippen molar-refractivity contribution in [2.75, 3.05) is 5.32 Å². The Morgan fingerprint density at radius 1 is 1.08 bits per heavy atom. The van der Waals surface area contributed by atoms with Crippen molar-refractivity contribution in [1.29, 1.82) is 0 Å². The van der Waals surface area contributed by atoms with Crippen LogP contribution in [0, 0.1) is 5.92 Å². The molecule has 2 aromatic carbocycles. The first-order chi connectivity index (χ1) is 12.5. The number of hydrogen-bond acceptors (Lipinski definition) is 4. The zero-order valence-electron chi connectivity index (χ0n) is 14.5. The van der Waals surface area contributed by atoms with E-state index in [1.165, 1.54) is 0 Å². The normalized spacial score (nSPS) is 19.1. The van der Waals surface area contributed by atoms with Crippen LogP contribution in [0.3, 0.4) is 0 Å². The lowest BCUT2D eigenvalue weighted by Gasteiger charge is -2.15. The number of nitrogens with one attached hydrogen (secondary N) is 1. The lowest BCUT2D eigenvalue weighted by atomic mass is 10.00. The molecule has 2 atom stereocenters. The van der Waals surface area contributed by atoms with E-state index in [1.807, 2.05) is 0 Å². The summed E-state index contributed by atoms with van der Waals surface area (Å²) in [6.45, 7) is 0. The molecule has 0 unspecified atom stereocenters. The summed E-state index contributed by atoms with van der Waals surface area (Å²) in [4.78, 5) is 23.4. The molecule has 1 fully saturated rings. The molecule has 1 aliphatic rings. The third-order valence-electron chi connectivity index (χ3n) is 4.66. The molecule has 136 valence electrons. The molecule has 5 N–H and O–H groups in total. The van der Waals surface area contributed by atoms with Crippen molar-refractivity contribution in [3.8, 4) is 11.5 Å². The van der Waals surface area contributed by atoms with Crippen molar-refractivity contribution in [2.24, 2.45) is 17.4 Å². The van der Waals surface area contributed by atoms with E-state index >= 15 is 0 Å². The van der Waals surface area contributed by atoms with Crippen molar-refractivity contribution in [2.45, 2.75) is 31.7 Å². The van der Waals surface area contributed by atoms with Gasteiger partial charge in [0.05, 0.1) is 0 Å². The van der Waals surface area contributed by atoms with Gasteiger partial charge in [0.25, 0.3) is 0 Å². The van der Waals surface area contributed by atoms with E-state index in [0.29, 0.717) is 29.2 Å². The fourth-order valence-corrected chi connectivity index (χ4v) is 3.22. The number of carbonyl (C=O) groups is 2. The van der Waals surface area contributed by atoms with Gasteiger partial charge in [-0.05, 0) is 61.2 Å². The Balaban J connectivity index is 1.57. The van der Waals surface area contributed by atoms with E-state index in [0.717, 1.165) is 19.3 Å². The highest BCUT2D eigenvalue weighted by molar-refractivity contribution is 5.93. The van der Waals surface area contributed by atoms with Gasteiger partial charge in [0.1, 0.15) is 11.5 Å². The van der Waals surface area contributed by atoms with E-state index in [1.54, 1.807) is 48.5 Å². The quantitative estimate of drug-likeness (QED) is 0.742. The number of anilines is 1. The second-order valence-electron chi connectivity index (χ2n) is 6.63. The highest BCUT2D eigenvalue weighted by Gasteiger charge is 2.25. The van der Waals surface area contributed by atoms with Gasteiger partial charge in [-0.2, -0.15) is 0 Å². The molecular weight excluding hydrogens is 330 g/mol. The molecule has 0 saturated heterocycles.